The second-order valence-electron chi connectivity index (χ2n) is 4.58. The maximum Gasteiger partial charge on any atom is 0.242 e. The third kappa shape index (κ3) is 3.75. The Morgan fingerprint density at radius 1 is 1.15 bits per heavy atom. The van der Waals surface area contributed by atoms with Crippen molar-refractivity contribution < 1.29 is 4.79 Å². The zero-order chi connectivity index (χ0) is 14.5. The molecule has 0 atom stereocenters. The molecular weight excluding hydrogens is 293 g/mol. The highest BCUT2D eigenvalue weighted by Crippen LogP contribution is 2.20. The number of aryl methyl sites for hydroxylation is 1. The van der Waals surface area contributed by atoms with Gasteiger partial charge >= 0.3 is 0 Å². The van der Waals surface area contributed by atoms with Crippen molar-refractivity contribution in [2.75, 3.05) is 10.8 Å². The summed E-state index contributed by atoms with van der Waals surface area (Å²) in [6.07, 6.45) is 0. The number of rotatable bonds is 4. The van der Waals surface area contributed by atoms with Crippen LogP contribution in [0.2, 0.25) is 5.02 Å². The average molecular weight is 308 g/mol. The van der Waals surface area contributed by atoms with Crippen molar-refractivity contribution in [1.82, 2.24) is 0 Å². The third-order valence-corrected chi connectivity index (χ3v) is 3.45. The first-order valence-electron chi connectivity index (χ1n) is 6.27. The van der Waals surface area contributed by atoms with E-state index in [4.69, 9.17) is 23.2 Å². The summed E-state index contributed by atoms with van der Waals surface area (Å²) in [6.45, 7) is 2.46. The van der Waals surface area contributed by atoms with Crippen molar-refractivity contribution in [3.8, 4) is 0 Å². The topological polar surface area (TPSA) is 20.3 Å². The molecule has 0 aliphatic carbocycles. The zero-order valence-corrected chi connectivity index (χ0v) is 12.7. The summed E-state index contributed by atoms with van der Waals surface area (Å²) >= 11 is 11.7. The minimum atomic E-state index is -0.129. The van der Waals surface area contributed by atoms with Crippen LogP contribution in [0.5, 0.6) is 0 Å². The van der Waals surface area contributed by atoms with Crippen molar-refractivity contribution in [3.63, 3.8) is 0 Å². The van der Waals surface area contributed by atoms with Crippen molar-refractivity contribution in [3.05, 3.63) is 64.7 Å². The lowest BCUT2D eigenvalue weighted by Crippen LogP contribution is -2.31. The third-order valence-electron chi connectivity index (χ3n) is 2.99. The molecule has 0 saturated heterocycles. The second-order valence-corrected chi connectivity index (χ2v) is 5.28. The van der Waals surface area contributed by atoms with Crippen LogP contribution < -0.4 is 4.90 Å². The molecule has 2 aromatic rings. The first-order valence-corrected chi connectivity index (χ1v) is 7.19. The van der Waals surface area contributed by atoms with E-state index in [1.54, 1.807) is 4.90 Å². The van der Waals surface area contributed by atoms with Crippen molar-refractivity contribution in [2.24, 2.45) is 0 Å². The van der Waals surface area contributed by atoms with Gasteiger partial charge in [-0.2, -0.15) is 0 Å². The van der Waals surface area contributed by atoms with Crippen molar-refractivity contribution in [1.29, 1.82) is 0 Å². The predicted molar refractivity (Wildman–Crippen MR) is 84.5 cm³/mol. The molecule has 4 heteroatoms. The number of nitrogens with zero attached hydrogens (tertiary/aromatic N) is 1. The van der Waals surface area contributed by atoms with E-state index < -0.39 is 0 Å². The summed E-state index contributed by atoms with van der Waals surface area (Å²) in [4.78, 5) is 13.7. The molecule has 0 aliphatic heterocycles. The number of halogens is 2. The normalized spacial score (nSPS) is 10.3. The monoisotopic (exact) mass is 307 g/mol. The summed E-state index contributed by atoms with van der Waals surface area (Å²) in [5, 5.41) is 0.657. The molecule has 2 aromatic carbocycles. The van der Waals surface area contributed by atoms with Crippen LogP contribution in [0, 0.1) is 6.92 Å². The number of anilines is 1. The Morgan fingerprint density at radius 2 is 1.85 bits per heavy atom. The molecule has 0 N–H and O–H groups in total. The van der Waals surface area contributed by atoms with Gasteiger partial charge in [0.1, 0.15) is 5.88 Å². The molecule has 0 spiro atoms. The van der Waals surface area contributed by atoms with Crippen LogP contribution in [0.1, 0.15) is 11.1 Å². The number of carbonyl (C=O) groups excluding carboxylic acids is 1. The fourth-order valence-electron chi connectivity index (χ4n) is 1.94. The highest BCUT2D eigenvalue weighted by atomic mass is 35.5. The summed E-state index contributed by atoms with van der Waals surface area (Å²) in [7, 11) is 0. The second kappa shape index (κ2) is 6.78. The lowest BCUT2D eigenvalue weighted by Gasteiger charge is -2.22. The van der Waals surface area contributed by atoms with Crippen molar-refractivity contribution >= 4 is 34.8 Å². The van der Waals surface area contributed by atoms with Gasteiger partial charge in [0.25, 0.3) is 0 Å². The first-order chi connectivity index (χ1) is 9.60. The molecule has 0 radical (unpaired) electrons. The van der Waals surface area contributed by atoms with E-state index in [2.05, 4.69) is 0 Å². The van der Waals surface area contributed by atoms with Gasteiger partial charge < -0.3 is 4.90 Å². The lowest BCUT2D eigenvalue weighted by molar-refractivity contribution is -0.116. The van der Waals surface area contributed by atoms with Crippen LogP contribution in [0.3, 0.4) is 0 Å². The summed E-state index contributed by atoms with van der Waals surface area (Å²) in [5.41, 5.74) is 2.95. The van der Waals surface area contributed by atoms with Gasteiger partial charge in [-0.25, -0.2) is 0 Å². The number of amides is 1. The molecule has 20 heavy (non-hydrogen) atoms. The van der Waals surface area contributed by atoms with Gasteiger partial charge in [0, 0.05) is 10.7 Å². The molecule has 2 nitrogen and oxygen atoms in total. The van der Waals surface area contributed by atoms with E-state index in [9.17, 15) is 4.79 Å². The quantitative estimate of drug-likeness (QED) is 0.766. The molecule has 1 amide bonds. The Bertz CT molecular complexity index is 596. The van der Waals surface area contributed by atoms with Crippen LogP contribution in [-0.4, -0.2) is 11.8 Å². The number of alkyl halides is 1. The van der Waals surface area contributed by atoms with E-state index in [0.29, 0.717) is 11.6 Å². The van der Waals surface area contributed by atoms with Crippen LogP contribution in [0.15, 0.2) is 48.5 Å². The minimum Gasteiger partial charge on any atom is -0.307 e. The van der Waals surface area contributed by atoms with E-state index in [-0.39, 0.29) is 11.8 Å². The summed E-state index contributed by atoms with van der Waals surface area (Å²) in [6, 6.07) is 15.3. The minimum absolute atomic E-state index is 0.0472. The van der Waals surface area contributed by atoms with Crippen LogP contribution in [0.4, 0.5) is 5.69 Å². The standard InChI is InChI=1S/C16H15Cl2NO/c1-12-5-7-15(8-6-12)19(16(20)10-17)11-13-3-2-4-14(18)9-13/h2-9H,10-11H2,1H3. The maximum absolute atomic E-state index is 12.0. The van der Waals surface area contributed by atoms with Crippen LogP contribution in [-0.2, 0) is 11.3 Å². The fourth-order valence-corrected chi connectivity index (χ4v) is 2.30. The van der Waals surface area contributed by atoms with Gasteiger partial charge in [0.15, 0.2) is 0 Å². The zero-order valence-electron chi connectivity index (χ0n) is 11.1. The molecule has 0 heterocycles. The molecule has 2 rings (SSSR count). The van der Waals surface area contributed by atoms with Crippen LogP contribution >= 0.6 is 23.2 Å². The maximum atomic E-state index is 12.0. The van der Waals surface area contributed by atoms with Crippen LogP contribution in [0.25, 0.3) is 0 Å². The Kier molecular flexibility index (Phi) is 5.05. The number of hydrogen-bond donors (Lipinski definition) is 0. The number of hydrogen-bond acceptors (Lipinski definition) is 1. The lowest BCUT2D eigenvalue weighted by atomic mass is 10.1. The Labute approximate surface area is 128 Å². The molecular formula is C16H15Cl2NO. The molecule has 0 aliphatic rings. The molecule has 0 bridgehead atoms. The molecule has 0 saturated carbocycles. The number of benzene rings is 2. The summed E-state index contributed by atoms with van der Waals surface area (Å²) in [5.74, 6) is -0.176. The Hall–Kier alpha value is -1.51. The van der Waals surface area contributed by atoms with Gasteiger partial charge in [-0.15, -0.1) is 11.6 Å². The van der Waals surface area contributed by atoms with Gasteiger partial charge in [0.05, 0.1) is 6.54 Å². The Balaban J connectivity index is 2.28. The van der Waals surface area contributed by atoms with E-state index in [1.165, 1.54) is 0 Å². The smallest absolute Gasteiger partial charge is 0.242 e. The first kappa shape index (κ1) is 14.9. The Morgan fingerprint density at radius 3 is 2.45 bits per heavy atom. The van der Waals surface area contributed by atoms with E-state index in [1.807, 2.05) is 55.5 Å². The molecule has 0 aromatic heterocycles. The van der Waals surface area contributed by atoms with E-state index >= 15 is 0 Å². The highest BCUT2D eigenvalue weighted by Gasteiger charge is 2.15. The van der Waals surface area contributed by atoms with Gasteiger partial charge in [-0.05, 0) is 36.8 Å². The molecule has 0 unspecified atom stereocenters. The highest BCUT2D eigenvalue weighted by molar-refractivity contribution is 6.30. The summed E-state index contributed by atoms with van der Waals surface area (Å²) < 4.78 is 0. The van der Waals surface area contributed by atoms with Gasteiger partial charge in [-0.1, -0.05) is 41.4 Å². The SMILES string of the molecule is Cc1ccc(N(Cc2cccc(Cl)c2)C(=O)CCl)cc1. The molecule has 104 valence electrons. The van der Waals surface area contributed by atoms with E-state index in [0.717, 1.165) is 16.8 Å². The molecule has 0 fully saturated rings. The largest absolute Gasteiger partial charge is 0.307 e. The predicted octanol–water partition coefficient (Wildman–Crippen LogP) is 4.42. The van der Waals surface area contributed by atoms with Gasteiger partial charge in [0.2, 0.25) is 5.91 Å². The average Bonchev–Trinajstić information content (AvgIpc) is 2.45. The van der Waals surface area contributed by atoms with Gasteiger partial charge in [-0.3, -0.25) is 4.79 Å². The number of carbonyl (C=O) groups is 1. The fraction of sp³-hybridized carbons (Fsp3) is 0.188. The van der Waals surface area contributed by atoms with Crippen molar-refractivity contribution in [2.45, 2.75) is 13.5 Å².